The Balaban J connectivity index is 1.42. The third kappa shape index (κ3) is 4.13. The van der Waals surface area contributed by atoms with Crippen molar-refractivity contribution in [1.82, 2.24) is 9.55 Å². The van der Waals surface area contributed by atoms with Crippen LogP contribution in [0.3, 0.4) is 0 Å². The summed E-state index contributed by atoms with van der Waals surface area (Å²) in [5.41, 5.74) is 3.52. The molecule has 0 bridgehead atoms. The first-order chi connectivity index (χ1) is 12.3. The predicted octanol–water partition coefficient (Wildman–Crippen LogP) is 4.14. The smallest absolute Gasteiger partial charge is 0.0957 e. The van der Waals surface area contributed by atoms with E-state index >= 15 is 0 Å². The third-order valence-corrected chi connectivity index (χ3v) is 5.37. The molecule has 0 radical (unpaired) electrons. The average molecular weight is 340 g/mol. The van der Waals surface area contributed by atoms with E-state index in [9.17, 15) is 5.11 Å². The summed E-state index contributed by atoms with van der Waals surface area (Å²) in [5, 5.41) is 10.5. The van der Waals surface area contributed by atoms with E-state index < -0.39 is 6.10 Å². The van der Waals surface area contributed by atoms with Gasteiger partial charge in [0.05, 0.1) is 37.4 Å². The summed E-state index contributed by atoms with van der Waals surface area (Å²) in [4.78, 5) is 4.66. The van der Waals surface area contributed by atoms with Gasteiger partial charge >= 0.3 is 0 Å². The minimum absolute atomic E-state index is 0.342. The monoisotopic (exact) mass is 340 g/mol. The molecule has 0 amide bonds. The van der Waals surface area contributed by atoms with Crippen LogP contribution in [0.1, 0.15) is 56.6 Å². The Labute approximate surface area is 149 Å². The zero-order valence-corrected chi connectivity index (χ0v) is 14.8. The van der Waals surface area contributed by atoms with E-state index in [1.54, 1.807) is 0 Å². The Hall–Kier alpha value is -1.65. The van der Waals surface area contributed by atoms with Crippen LogP contribution in [-0.2, 0) is 11.3 Å². The molecule has 1 heterocycles. The van der Waals surface area contributed by atoms with Gasteiger partial charge < -0.3 is 14.4 Å². The fourth-order valence-electron chi connectivity index (χ4n) is 3.90. The molecule has 1 aromatic carbocycles. The van der Waals surface area contributed by atoms with Crippen LogP contribution in [-0.4, -0.2) is 33.5 Å². The number of rotatable bonds is 7. The second kappa shape index (κ2) is 7.71. The van der Waals surface area contributed by atoms with Crippen LogP contribution in [0.2, 0.25) is 0 Å². The standard InChI is InChI=1S/C21H28N2O2/c24-18(14-25-19-9-5-2-6-10-19)13-23-15-22-20(21(23)17-11-12-17)16-7-3-1-4-8-16/h1,3-4,7-8,15,17-19,24H,2,5-6,9-14H2/t18-/m0/s1. The van der Waals surface area contributed by atoms with Crippen molar-refractivity contribution < 1.29 is 9.84 Å². The van der Waals surface area contributed by atoms with Gasteiger partial charge in [0.2, 0.25) is 0 Å². The highest BCUT2D eigenvalue weighted by molar-refractivity contribution is 5.63. The lowest BCUT2D eigenvalue weighted by atomic mass is 9.98. The SMILES string of the molecule is O[C@H](COC1CCCCC1)Cn1cnc(-c2ccccc2)c1C1CC1. The second-order valence-corrected chi connectivity index (χ2v) is 7.52. The topological polar surface area (TPSA) is 47.3 Å². The Morgan fingerprint density at radius 2 is 1.84 bits per heavy atom. The van der Waals surface area contributed by atoms with Gasteiger partial charge in [-0.25, -0.2) is 4.98 Å². The summed E-state index contributed by atoms with van der Waals surface area (Å²) in [6, 6.07) is 10.4. The first-order valence-corrected chi connectivity index (χ1v) is 9.71. The Morgan fingerprint density at radius 1 is 1.08 bits per heavy atom. The van der Waals surface area contributed by atoms with Crippen molar-refractivity contribution in [1.29, 1.82) is 0 Å². The molecule has 4 nitrogen and oxygen atoms in total. The highest BCUT2D eigenvalue weighted by Gasteiger charge is 2.31. The molecule has 25 heavy (non-hydrogen) atoms. The summed E-state index contributed by atoms with van der Waals surface area (Å²) >= 11 is 0. The molecule has 134 valence electrons. The van der Waals surface area contributed by atoms with Gasteiger partial charge in [0, 0.05) is 17.2 Å². The number of imidazole rings is 1. The molecule has 2 aliphatic rings. The van der Waals surface area contributed by atoms with E-state index in [2.05, 4.69) is 33.8 Å². The average Bonchev–Trinajstić information content (AvgIpc) is 3.42. The van der Waals surface area contributed by atoms with E-state index in [1.165, 1.54) is 37.8 Å². The third-order valence-electron chi connectivity index (χ3n) is 5.37. The number of aliphatic hydroxyl groups is 1. The molecule has 1 aromatic heterocycles. The Kier molecular flexibility index (Phi) is 5.18. The number of aliphatic hydroxyl groups excluding tert-OH is 1. The first kappa shape index (κ1) is 16.8. The van der Waals surface area contributed by atoms with E-state index in [1.807, 2.05) is 12.4 Å². The molecular formula is C21H28N2O2. The quantitative estimate of drug-likeness (QED) is 0.824. The normalized spacial score (nSPS) is 19.9. The van der Waals surface area contributed by atoms with Crippen molar-refractivity contribution in [3.05, 3.63) is 42.4 Å². The first-order valence-electron chi connectivity index (χ1n) is 9.71. The van der Waals surface area contributed by atoms with E-state index in [-0.39, 0.29) is 0 Å². The molecule has 2 fully saturated rings. The van der Waals surface area contributed by atoms with Gasteiger partial charge in [0.25, 0.3) is 0 Å². The molecule has 0 spiro atoms. The highest BCUT2D eigenvalue weighted by atomic mass is 16.5. The molecule has 4 rings (SSSR count). The summed E-state index contributed by atoms with van der Waals surface area (Å²) in [5.74, 6) is 0.587. The minimum Gasteiger partial charge on any atom is -0.389 e. The lowest BCUT2D eigenvalue weighted by Gasteiger charge is -2.23. The van der Waals surface area contributed by atoms with Crippen molar-refractivity contribution >= 4 is 0 Å². The summed E-state index contributed by atoms with van der Waals surface area (Å²) in [6.45, 7) is 0.992. The predicted molar refractivity (Wildman–Crippen MR) is 98.5 cm³/mol. The van der Waals surface area contributed by atoms with Crippen LogP contribution in [0.25, 0.3) is 11.3 Å². The van der Waals surface area contributed by atoms with Crippen LogP contribution in [0.15, 0.2) is 36.7 Å². The number of ether oxygens (including phenoxy) is 1. The van der Waals surface area contributed by atoms with Crippen LogP contribution < -0.4 is 0 Å². The number of aromatic nitrogens is 2. The lowest BCUT2D eigenvalue weighted by Crippen LogP contribution is -2.27. The van der Waals surface area contributed by atoms with Crippen molar-refractivity contribution in [3.8, 4) is 11.3 Å². The van der Waals surface area contributed by atoms with Gasteiger partial charge in [-0.3, -0.25) is 0 Å². The Bertz CT molecular complexity index is 672. The number of benzene rings is 1. The molecule has 2 aliphatic carbocycles. The number of nitrogens with zero attached hydrogens (tertiary/aromatic N) is 2. The van der Waals surface area contributed by atoms with Crippen molar-refractivity contribution in [2.45, 2.75) is 69.6 Å². The van der Waals surface area contributed by atoms with Gasteiger partial charge in [0.15, 0.2) is 0 Å². The van der Waals surface area contributed by atoms with Crippen molar-refractivity contribution in [2.75, 3.05) is 6.61 Å². The molecule has 0 unspecified atom stereocenters. The molecule has 0 aliphatic heterocycles. The molecule has 1 atom stereocenters. The fraction of sp³-hybridized carbons (Fsp3) is 0.571. The maximum Gasteiger partial charge on any atom is 0.0957 e. The number of hydrogen-bond donors (Lipinski definition) is 1. The maximum absolute atomic E-state index is 10.5. The zero-order chi connectivity index (χ0) is 17.1. The minimum atomic E-state index is -0.475. The Morgan fingerprint density at radius 3 is 2.56 bits per heavy atom. The summed E-state index contributed by atoms with van der Waals surface area (Å²) in [7, 11) is 0. The number of hydrogen-bond acceptors (Lipinski definition) is 3. The fourth-order valence-corrected chi connectivity index (χ4v) is 3.90. The molecule has 0 saturated heterocycles. The molecule has 2 saturated carbocycles. The molecule has 2 aromatic rings. The maximum atomic E-state index is 10.5. The highest BCUT2D eigenvalue weighted by Crippen LogP contribution is 2.44. The van der Waals surface area contributed by atoms with E-state index in [0.717, 1.165) is 24.1 Å². The van der Waals surface area contributed by atoms with Crippen LogP contribution >= 0.6 is 0 Å². The van der Waals surface area contributed by atoms with Gasteiger partial charge in [0.1, 0.15) is 0 Å². The van der Waals surface area contributed by atoms with Crippen LogP contribution in [0.4, 0.5) is 0 Å². The summed E-state index contributed by atoms with van der Waals surface area (Å²) < 4.78 is 8.09. The van der Waals surface area contributed by atoms with E-state index in [4.69, 9.17) is 4.74 Å². The summed E-state index contributed by atoms with van der Waals surface area (Å²) in [6.07, 6.45) is 10.3. The second-order valence-electron chi connectivity index (χ2n) is 7.52. The van der Waals surface area contributed by atoms with Crippen molar-refractivity contribution in [3.63, 3.8) is 0 Å². The molecular weight excluding hydrogens is 312 g/mol. The van der Waals surface area contributed by atoms with Crippen LogP contribution in [0, 0.1) is 0 Å². The van der Waals surface area contributed by atoms with Crippen molar-refractivity contribution in [2.24, 2.45) is 0 Å². The zero-order valence-electron chi connectivity index (χ0n) is 14.8. The molecule has 1 N–H and O–H groups in total. The molecule has 4 heteroatoms. The van der Waals surface area contributed by atoms with Crippen LogP contribution in [0.5, 0.6) is 0 Å². The largest absolute Gasteiger partial charge is 0.389 e. The van der Waals surface area contributed by atoms with Gasteiger partial charge in [-0.15, -0.1) is 0 Å². The lowest BCUT2D eigenvalue weighted by molar-refractivity contribution is -0.0285. The van der Waals surface area contributed by atoms with Gasteiger partial charge in [-0.2, -0.15) is 0 Å². The van der Waals surface area contributed by atoms with Gasteiger partial charge in [-0.05, 0) is 25.7 Å². The van der Waals surface area contributed by atoms with Gasteiger partial charge in [-0.1, -0.05) is 49.6 Å². The van der Waals surface area contributed by atoms with E-state index in [0.29, 0.717) is 25.2 Å².